The summed E-state index contributed by atoms with van der Waals surface area (Å²) in [7, 11) is 0. The molecule has 15 heavy (non-hydrogen) atoms. The average Bonchev–Trinajstić information content (AvgIpc) is 2.64. The van der Waals surface area contributed by atoms with Crippen LogP contribution in [0.15, 0.2) is 30.5 Å². The highest BCUT2D eigenvalue weighted by atomic mass is 32.2. The Hall–Kier alpha value is -1.09. The molecule has 0 saturated carbocycles. The zero-order chi connectivity index (χ0) is 10.7. The Morgan fingerprint density at radius 3 is 3.00 bits per heavy atom. The fraction of sp³-hybridized carbons (Fsp3) is 0.333. The second kappa shape index (κ2) is 4.62. The van der Waals surface area contributed by atoms with Crippen LogP contribution >= 0.6 is 11.8 Å². The van der Waals surface area contributed by atoms with Crippen molar-refractivity contribution in [3.63, 3.8) is 0 Å². The number of benzene rings is 1. The third-order valence-electron chi connectivity index (χ3n) is 2.53. The van der Waals surface area contributed by atoms with Gasteiger partial charge in [0.1, 0.15) is 0 Å². The largest absolute Gasteiger partial charge is 0.398 e. The molecular formula is C12H16N2S. The Balaban J connectivity index is 2.25. The van der Waals surface area contributed by atoms with Crippen molar-refractivity contribution < 1.29 is 0 Å². The molecule has 2 nitrogen and oxygen atoms in total. The molecule has 80 valence electrons. The fourth-order valence-corrected chi connectivity index (χ4v) is 2.36. The second-order valence-corrected chi connectivity index (χ2v) is 4.88. The van der Waals surface area contributed by atoms with Crippen molar-refractivity contribution in [1.82, 2.24) is 4.57 Å². The van der Waals surface area contributed by atoms with E-state index in [9.17, 15) is 0 Å². The van der Waals surface area contributed by atoms with Gasteiger partial charge in [-0.15, -0.1) is 0 Å². The molecular weight excluding hydrogens is 204 g/mol. The summed E-state index contributed by atoms with van der Waals surface area (Å²) in [6.45, 7) is 3.25. The Labute approximate surface area is 94.5 Å². The van der Waals surface area contributed by atoms with Gasteiger partial charge in [-0.3, -0.25) is 0 Å². The Morgan fingerprint density at radius 1 is 1.33 bits per heavy atom. The quantitative estimate of drug-likeness (QED) is 0.634. The molecule has 1 aromatic heterocycles. The molecule has 0 aliphatic rings. The lowest BCUT2D eigenvalue weighted by molar-refractivity contribution is 0.807. The molecule has 0 unspecified atom stereocenters. The van der Waals surface area contributed by atoms with Crippen molar-refractivity contribution in [3.8, 4) is 0 Å². The minimum atomic E-state index is 0.870. The monoisotopic (exact) mass is 220 g/mol. The van der Waals surface area contributed by atoms with Gasteiger partial charge in [-0.05, 0) is 24.0 Å². The first-order valence-electron chi connectivity index (χ1n) is 5.24. The number of nitrogen functional groups attached to an aromatic ring is 1. The number of nitrogens with zero attached hydrogens (tertiary/aromatic N) is 1. The molecule has 1 aromatic carbocycles. The number of fused-ring (bicyclic) bond motifs is 1. The predicted octanol–water partition coefficient (Wildman–Crippen LogP) is 2.98. The van der Waals surface area contributed by atoms with Crippen LogP contribution in [0.25, 0.3) is 10.9 Å². The first kappa shape index (κ1) is 10.4. The van der Waals surface area contributed by atoms with Gasteiger partial charge in [-0.25, -0.2) is 0 Å². The van der Waals surface area contributed by atoms with Crippen LogP contribution in [0.2, 0.25) is 0 Å². The zero-order valence-electron chi connectivity index (χ0n) is 8.94. The van der Waals surface area contributed by atoms with Crippen molar-refractivity contribution in [1.29, 1.82) is 0 Å². The SMILES string of the molecule is CCSCCn1ccc2c(N)cccc21. The predicted molar refractivity (Wildman–Crippen MR) is 69.3 cm³/mol. The van der Waals surface area contributed by atoms with Crippen molar-refractivity contribution in [3.05, 3.63) is 30.5 Å². The van der Waals surface area contributed by atoms with Gasteiger partial charge in [0.25, 0.3) is 0 Å². The molecule has 2 N–H and O–H groups in total. The maximum absolute atomic E-state index is 5.91. The number of aryl methyl sites for hydroxylation is 1. The lowest BCUT2D eigenvalue weighted by atomic mass is 10.2. The molecule has 2 aromatic rings. The van der Waals surface area contributed by atoms with Gasteiger partial charge in [-0.1, -0.05) is 13.0 Å². The number of anilines is 1. The van der Waals surface area contributed by atoms with E-state index in [1.165, 1.54) is 16.7 Å². The van der Waals surface area contributed by atoms with E-state index in [1.54, 1.807) is 0 Å². The summed E-state index contributed by atoms with van der Waals surface area (Å²) >= 11 is 1.97. The third kappa shape index (κ3) is 2.12. The van der Waals surface area contributed by atoms with Crippen LogP contribution in [0.3, 0.4) is 0 Å². The lowest BCUT2D eigenvalue weighted by Gasteiger charge is -2.04. The maximum atomic E-state index is 5.91. The summed E-state index contributed by atoms with van der Waals surface area (Å²) in [6, 6.07) is 8.19. The average molecular weight is 220 g/mol. The van der Waals surface area contributed by atoms with Crippen LogP contribution in [0.5, 0.6) is 0 Å². The summed E-state index contributed by atoms with van der Waals surface area (Å²) in [5, 5.41) is 1.17. The van der Waals surface area contributed by atoms with Crippen molar-refractivity contribution in [2.45, 2.75) is 13.5 Å². The third-order valence-corrected chi connectivity index (χ3v) is 3.41. The van der Waals surface area contributed by atoms with Crippen LogP contribution in [-0.2, 0) is 6.54 Å². The molecule has 0 aliphatic heterocycles. The highest BCUT2D eigenvalue weighted by Crippen LogP contribution is 2.22. The van der Waals surface area contributed by atoms with Gasteiger partial charge in [0.2, 0.25) is 0 Å². The van der Waals surface area contributed by atoms with Crippen LogP contribution in [0.1, 0.15) is 6.92 Å². The van der Waals surface area contributed by atoms with E-state index >= 15 is 0 Å². The molecule has 1 heterocycles. The number of rotatable bonds is 4. The van der Waals surface area contributed by atoms with Crippen LogP contribution < -0.4 is 5.73 Å². The second-order valence-electron chi connectivity index (χ2n) is 3.49. The minimum Gasteiger partial charge on any atom is -0.398 e. The summed E-state index contributed by atoms with van der Waals surface area (Å²) in [5.74, 6) is 2.34. The summed E-state index contributed by atoms with van der Waals surface area (Å²) < 4.78 is 2.27. The van der Waals surface area contributed by atoms with Gasteiger partial charge in [-0.2, -0.15) is 11.8 Å². The van der Waals surface area contributed by atoms with Crippen LogP contribution in [0, 0.1) is 0 Å². The van der Waals surface area contributed by atoms with Crippen LogP contribution in [-0.4, -0.2) is 16.1 Å². The van der Waals surface area contributed by atoms with E-state index in [2.05, 4.69) is 29.8 Å². The Morgan fingerprint density at radius 2 is 2.20 bits per heavy atom. The van der Waals surface area contributed by atoms with E-state index in [-0.39, 0.29) is 0 Å². The van der Waals surface area contributed by atoms with Gasteiger partial charge in [0, 0.05) is 29.6 Å². The van der Waals surface area contributed by atoms with E-state index in [4.69, 9.17) is 5.73 Å². The number of hydrogen-bond donors (Lipinski definition) is 1. The molecule has 0 fully saturated rings. The molecule has 0 bridgehead atoms. The molecule has 0 radical (unpaired) electrons. The van der Waals surface area contributed by atoms with Crippen molar-refractivity contribution >= 4 is 28.4 Å². The summed E-state index contributed by atoms with van der Waals surface area (Å²) in [6.07, 6.45) is 2.12. The van der Waals surface area contributed by atoms with E-state index in [0.717, 1.165) is 18.0 Å². The highest BCUT2D eigenvalue weighted by molar-refractivity contribution is 7.99. The number of hydrogen-bond acceptors (Lipinski definition) is 2. The molecule has 0 aliphatic carbocycles. The molecule has 0 amide bonds. The van der Waals surface area contributed by atoms with Crippen LogP contribution in [0.4, 0.5) is 5.69 Å². The normalized spacial score (nSPS) is 11.0. The van der Waals surface area contributed by atoms with Crippen molar-refractivity contribution in [2.75, 3.05) is 17.2 Å². The van der Waals surface area contributed by atoms with Gasteiger partial charge in [0.05, 0.1) is 5.52 Å². The van der Waals surface area contributed by atoms with Crippen molar-refractivity contribution in [2.24, 2.45) is 0 Å². The maximum Gasteiger partial charge on any atom is 0.0501 e. The van der Waals surface area contributed by atoms with Gasteiger partial charge in [0.15, 0.2) is 0 Å². The lowest BCUT2D eigenvalue weighted by Crippen LogP contribution is -1.98. The molecule has 0 spiro atoms. The molecule has 0 saturated heterocycles. The number of aromatic nitrogens is 1. The first-order chi connectivity index (χ1) is 7.33. The molecule has 3 heteroatoms. The van der Waals surface area contributed by atoms with E-state index < -0.39 is 0 Å². The molecule has 2 rings (SSSR count). The molecule has 0 atom stereocenters. The first-order valence-corrected chi connectivity index (χ1v) is 6.39. The zero-order valence-corrected chi connectivity index (χ0v) is 9.76. The standard InChI is InChI=1S/C12H16N2S/c1-2-15-9-8-14-7-6-10-11(13)4-3-5-12(10)14/h3-7H,2,8-9,13H2,1H3. The van der Waals surface area contributed by atoms with Gasteiger partial charge < -0.3 is 10.3 Å². The minimum absolute atomic E-state index is 0.870. The summed E-state index contributed by atoms with van der Waals surface area (Å²) in [4.78, 5) is 0. The highest BCUT2D eigenvalue weighted by Gasteiger charge is 2.02. The van der Waals surface area contributed by atoms with E-state index in [1.807, 2.05) is 23.9 Å². The number of nitrogens with two attached hydrogens (primary N) is 1. The fourth-order valence-electron chi connectivity index (χ4n) is 1.75. The van der Waals surface area contributed by atoms with Gasteiger partial charge >= 0.3 is 0 Å². The number of thioether (sulfide) groups is 1. The Bertz CT molecular complexity index is 448. The smallest absolute Gasteiger partial charge is 0.0501 e. The summed E-state index contributed by atoms with van der Waals surface area (Å²) in [5.41, 5.74) is 8.02. The topological polar surface area (TPSA) is 30.9 Å². The Kier molecular flexibility index (Phi) is 3.21. The van der Waals surface area contributed by atoms with E-state index in [0.29, 0.717) is 0 Å².